The van der Waals surface area contributed by atoms with Crippen LogP contribution in [0.25, 0.3) is 0 Å². The predicted octanol–water partition coefficient (Wildman–Crippen LogP) is 0.689. The zero-order valence-corrected chi connectivity index (χ0v) is 9.50. The lowest BCUT2D eigenvalue weighted by molar-refractivity contribution is 0.140. The Morgan fingerprint density at radius 1 is 1.43 bits per heavy atom. The lowest BCUT2D eigenvalue weighted by Gasteiger charge is -2.24. The molecule has 14 heavy (non-hydrogen) atoms. The molecule has 0 bridgehead atoms. The Labute approximate surface area is 87.5 Å². The lowest BCUT2D eigenvalue weighted by Crippen LogP contribution is -2.39. The molecule has 2 unspecified atom stereocenters. The molecule has 0 aliphatic carbocycles. The fraction of sp³-hybridized carbons (Fsp3) is 1.00. The van der Waals surface area contributed by atoms with Crippen molar-refractivity contribution in [2.45, 2.75) is 32.7 Å². The highest BCUT2D eigenvalue weighted by Gasteiger charge is 2.29. The zero-order valence-electron chi connectivity index (χ0n) is 9.50. The Balaban J connectivity index is 2.17. The van der Waals surface area contributed by atoms with Gasteiger partial charge in [-0.25, -0.2) is 0 Å². The Bertz CT molecular complexity index is 152. The monoisotopic (exact) mass is 200 g/mol. The quantitative estimate of drug-likeness (QED) is 0.619. The third kappa shape index (κ3) is 3.23. The highest BCUT2D eigenvalue weighted by molar-refractivity contribution is 4.84. The Morgan fingerprint density at radius 3 is 2.86 bits per heavy atom. The van der Waals surface area contributed by atoms with Crippen LogP contribution in [0, 0.1) is 5.92 Å². The number of aliphatic hydroxyl groups is 1. The van der Waals surface area contributed by atoms with Gasteiger partial charge in [-0.2, -0.15) is 0 Å². The van der Waals surface area contributed by atoms with E-state index in [1.807, 2.05) is 0 Å². The highest BCUT2D eigenvalue weighted by Crippen LogP contribution is 2.22. The summed E-state index contributed by atoms with van der Waals surface area (Å²) in [7, 11) is 0. The van der Waals surface area contributed by atoms with Crippen molar-refractivity contribution in [3.8, 4) is 0 Å². The maximum absolute atomic E-state index is 9.25. The lowest BCUT2D eigenvalue weighted by atomic mass is 10.0. The highest BCUT2D eigenvalue weighted by atomic mass is 16.3. The summed E-state index contributed by atoms with van der Waals surface area (Å²) in [5.41, 5.74) is 0. The minimum Gasteiger partial charge on any atom is -0.395 e. The first-order valence-electron chi connectivity index (χ1n) is 5.85. The molecule has 1 aliphatic heterocycles. The molecule has 0 radical (unpaired) electrons. The van der Waals surface area contributed by atoms with Gasteiger partial charge in [-0.15, -0.1) is 0 Å². The molecule has 84 valence electrons. The van der Waals surface area contributed by atoms with Gasteiger partial charge in [0.05, 0.1) is 6.61 Å². The van der Waals surface area contributed by atoms with Gasteiger partial charge in [0.1, 0.15) is 0 Å². The number of nitrogens with one attached hydrogen (secondary N) is 1. The minimum atomic E-state index is 0.314. The fourth-order valence-corrected chi connectivity index (χ4v) is 2.19. The van der Waals surface area contributed by atoms with Crippen LogP contribution in [0.3, 0.4) is 0 Å². The number of nitrogens with zero attached hydrogens (tertiary/aromatic N) is 1. The molecule has 1 rings (SSSR count). The third-order valence-electron chi connectivity index (χ3n) is 3.19. The molecule has 1 heterocycles. The second kappa shape index (κ2) is 6.38. The van der Waals surface area contributed by atoms with E-state index in [9.17, 15) is 5.11 Å². The summed E-state index contributed by atoms with van der Waals surface area (Å²) in [5, 5.41) is 12.6. The molecule has 0 aromatic rings. The normalized spacial score (nSPS) is 28.5. The van der Waals surface area contributed by atoms with E-state index in [4.69, 9.17) is 0 Å². The van der Waals surface area contributed by atoms with Crippen molar-refractivity contribution >= 4 is 0 Å². The van der Waals surface area contributed by atoms with E-state index < -0.39 is 0 Å². The first-order valence-corrected chi connectivity index (χ1v) is 5.85. The summed E-state index contributed by atoms with van der Waals surface area (Å²) in [4.78, 5) is 2.41. The van der Waals surface area contributed by atoms with E-state index in [0.29, 0.717) is 18.6 Å². The minimum absolute atomic E-state index is 0.314. The molecule has 0 aromatic heterocycles. The molecule has 1 aliphatic rings. The van der Waals surface area contributed by atoms with Crippen LogP contribution in [-0.2, 0) is 0 Å². The van der Waals surface area contributed by atoms with Gasteiger partial charge in [0.25, 0.3) is 0 Å². The summed E-state index contributed by atoms with van der Waals surface area (Å²) < 4.78 is 0. The maximum Gasteiger partial charge on any atom is 0.0589 e. The van der Waals surface area contributed by atoms with Crippen molar-refractivity contribution < 1.29 is 5.11 Å². The standard InChI is InChI=1S/C11H24N2O/c1-3-5-12-6-8-13-7-4-10(2)11(13)9-14/h10-12,14H,3-9H2,1-2H3. The van der Waals surface area contributed by atoms with Crippen molar-refractivity contribution in [1.29, 1.82) is 0 Å². The molecular formula is C11H24N2O. The molecule has 3 nitrogen and oxygen atoms in total. The van der Waals surface area contributed by atoms with Crippen LogP contribution in [0.2, 0.25) is 0 Å². The van der Waals surface area contributed by atoms with E-state index in [-0.39, 0.29) is 0 Å². The van der Waals surface area contributed by atoms with Gasteiger partial charge in [-0.05, 0) is 31.8 Å². The molecule has 3 heteroatoms. The van der Waals surface area contributed by atoms with Gasteiger partial charge in [0, 0.05) is 19.1 Å². The predicted molar refractivity (Wildman–Crippen MR) is 59.4 cm³/mol. The van der Waals surface area contributed by atoms with E-state index in [1.165, 1.54) is 12.8 Å². The van der Waals surface area contributed by atoms with Gasteiger partial charge in [-0.1, -0.05) is 13.8 Å². The van der Waals surface area contributed by atoms with Gasteiger partial charge in [0.15, 0.2) is 0 Å². The molecule has 1 saturated heterocycles. The van der Waals surface area contributed by atoms with Crippen LogP contribution in [0.15, 0.2) is 0 Å². The molecule has 2 N–H and O–H groups in total. The number of hydrogen-bond acceptors (Lipinski definition) is 3. The maximum atomic E-state index is 9.25. The molecule has 2 atom stereocenters. The molecular weight excluding hydrogens is 176 g/mol. The second-order valence-corrected chi connectivity index (χ2v) is 4.30. The summed E-state index contributed by atoms with van der Waals surface area (Å²) in [6, 6.07) is 0.401. The zero-order chi connectivity index (χ0) is 10.4. The average molecular weight is 200 g/mol. The SMILES string of the molecule is CCCNCCN1CCC(C)C1CO. The number of aliphatic hydroxyl groups excluding tert-OH is 1. The molecule has 0 aromatic carbocycles. The van der Waals surface area contributed by atoms with Gasteiger partial charge >= 0.3 is 0 Å². The first-order chi connectivity index (χ1) is 6.79. The van der Waals surface area contributed by atoms with E-state index >= 15 is 0 Å². The number of hydrogen-bond donors (Lipinski definition) is 2. The van der Waals surface area contributed by atoms with E-state index in [0.717, 1.165) is 26.2 Å². The summed E-state index contributed by atoms with van der Waals surface area (Å²) in [5.74, 6) is 0.658. The van der Waals surface area contributed by atoms with Crippen molar-refractivity contribution in [2.75, 3.05) is 32.8 Å². The fourth-order valence-electron chi connectivity index (χ4n) is 2.19. The Hall–Kier alpha value is -0.120. The van der Waals surface area contributed by atoms with Crippen LogP contribution in [0.5, 0.6) is 0 Å². The molecule has 1 fully saturated rings. The molecule has 0 amide bonds. The number of rotatable bonds is 6. The van der Waals surface area contributed by atoms with Crippen molar-refractivity contribution in [2.24, 2.45) is 5.92 Å². The first kappa shape index (κ1) is 12.0. The van der Waals surface area contributed by atoms with Crippen LogP contribution in [0.1, 0.15) is 26.7 Å². The third-order valence-corrected chi connectivity index (χ3v) is 3.19. The van der Waals surface area contributed by atoms with Crippen molar-refractivity contribution in [1.82, 2.24) is 10.2 Å². The van der Waals surface area contributed by atoms with Crippen LogP contribution >= 0.6 is 0 Å². The van der Waals surface area contributed by atoms with Crippen molar-refractivity contribution in [3.63, 3.8) is 0 Å². The van der Waals surface area contributed by atoms with Crippen LogP contribution in [-0.4, -0.2) is 48.8 Å². The van der Waals surface area contributed by atoms with Gasteiger partial charge < -0.3 is 10.4 Å². The second-order valence-electron chi connectivity index (χ2n) is 4.30. The smallest absolute Gasteiger partial charge is 0.0589 e. The Kier molecular flexibility index (Phi) is 5.45. The molecule has 0 spiro atoms. The molecule has 0 saturated carbocycles. The largest absolute Gasteiger partial charge is 0.395 e. The summed E-state index contributed by atoms with van der Waals surface area (Å²) >= 11 is 0. The van der Waals surface area contributed by atoms with Gasteiger partial charge in [0.2, 0.25) is 0 Å². The van der Waals surface area contributed by atoms with Crippen LogP contribution in [0.4, 0.5) is 0 Å². The Morgan fingerprint density at radius 2 is 2.21 bits per heavy atom. The average Bonchev–Trinajstić information content (AvgIpc) is 2.54. The van der Waals surface area contributed by atoms with E-state index in [2.05, 4.69) is 24.1 Å². The topological polar surface area (TPSA) is 35.5 Å². The summed E-state index contributed by atoms with van der Waals surface area (Å²) in [6.45, 7) is 9.12. The summed E-state index contributed by atoms with van der Waals surface area (Å²) in [6.07, 6.45) is 2.43. The van der Waals surface area contributed by atoms with Gasteiger partial charge in [-0.3, -0.25) is 4.90 Å². The van der Waals surface area contributed by atoms with Crippen LogP contribution < -0.4 is 5.32 Å². The number of likely N-dealkylation sites (tertiary alicyclic amines) is 1. The van der Waals surface area contributed by atoms with Crippen molar-refractivity contribution in [3.05, 3.63) is 0 Å². The van der Waals surface area contributed by atoms with E-state index in [1.54, 1.807) is 0 Å².